The maximum atomic E-state index is 11.8. The first-order valence-corrected chi connectivity index (χ1v) is 7.58. The smallest absolute Gasteiger partial charge is 0.261 e. The van der Waals surface area contributed by atoms with Crippen LogP contribution in [-0.4, -0.2) is 10.9 Å². The SMILES string of the molecule is CCc1cnc(CNC(=O)c2ccc(Br)s2)s1. The fourth-order valence-corrected chi connectivity index (χ4v) is 3.38. The lowest BCUT2D eigenvalue weighted by Gasteiger charge is -1.99. The number of hydrogen-bond acceptors (Lipinski definition) is 4. The number of halogens is 1. The first-order valence-electron chi connectivity index (χ1n) is 5.16. The van der Waals surface area contributed by atoms with Crippen LogP contribution < -0.4 is 5.32 Å². The molecule has 90 valence electrons. The van der Waals surface area contributed by atoms with Gasteiger partial charge >= 0.3 is 0 Å². The van der Waals surface area contributed by atoms with E-state index in [2.05, 4.69) is 33.2 Å². The van der Waals surface area contributed by atoms with E-state index in [1.165, 1.54) is 16.2 Å². The largest absolute Gasteiger partial charge is 0.345 e. The highest BCUT2D eigenvalue weighted by molar-refractivity contribution is 9.11. The first kappa shape index (κ1) is 12.7. The lowest BCUT2D eigenvalue weighted by Crippen LogP contribution is -2.21. The molecular formula is C11H11BrN2OS2. The number of amides is 1. The normalized spacial score (nSPS) is 10.5. The van der Waals surface area contributed by atoms with Crippen LogP contribution in [0.5, 0.6) is 0 Å². The van der Waals surface area contributed by atoms with Crippen molar-refractivity contribution in [3.05, 3.63) is 36.9 Å². The zero-order valence-electron chi connectivity index (χ0n) is 9.20. The molecule has 0 radical (unpaired) electrons. The molecule has 0 bridgehead atoms. The van der Waals surface area contributed by atoms with Gasteiger partial charge in [-0.05, 0) is 34.5 Å². The minimum absolute atomic E-state index is 0.0473. The molecule has 0 unspecified atom stereocenters. The summed E-state index contributed by atoms with van der Waals surface area (Å²) in [6, 6.07) is 3.68. The van der Waals surface area contributed by atoms with Gasteiger partial charge in [0.1, 0.15) is 5.01 Å². The lowest BCUT2D eigenvalue weighted by molar-refractivity contribution is 0.0955. The van der Waals surface area contributed by atoms with Gasteiger partial charge in [0.25, 0.3) is 5.91 Å². The highest BCUT2D eigenvalue weighted by Crippen LogP contribution is 2.22. The number of nitrogens with one attached hydrogen (secondary N) is 1. The van der Waals surface area contributed by atoms with Crippen molar-refractivity contribution >= 4 is 44.5 Å². The van der Waals surface area contributed by atoms with Gasteiger partial charge < -0.3 is 5.32 Å². The summed E-state index contributed by atoms with van der Waals surface area (Å²) >= 11 is 6.41. The molecule has 1 N–H and O–H groups in total. The van der Waals surface area contributed by atoms with Crippen molar-refractivity contribution in [2.45, 2.75) is 19.9 Å². The van der Waals surface area contributed by atoms with E-state index >= 15 is 0 Å². The van der Waals surface area contributed by atoms with E-state index in [-0.39, 0.29) is 5.91 Å². The summed E-state index contributed by atoms with van der Waals surface area (Å²) in [6.45, 7) is 2.60. The van der Waals surface area contributed by atoms with Gasteiger partial charge in [-0.3, -0.25) is 4.79 Å². The second-order valence-electron chi connectivity index (χ2n) is 3.36. The average Bonchev–Trinajstić information content (AvgIpc) is 2.94. The molecule has 17 heavy (non-hydrogen) atoms. The van der Waals surface area contributed by atoms with E-state index in [0.29, 0.717) is 11.4 Å². The summed E-state index contributed by atoms with van der Waals surface area (Å²) in [5.41, 5.74) is 0. The Bertz CT molecular complexity index is 521. The highest BCUT2D eigenvalue weighted by Gasteiger charge is 2.09. The molecule has 2 heterocycles. The predicted octanol–water partition coefficient (Wildman–Crippen LogP) is 3.46. The number of thiazole rings is 1. The molecule has 0 aliphatic carbocycles. The third-order valence-electron chi connectivity index (χ3n) is 2.15. The molecule has 0 aliphatic heterocycles. The van der Waals surface area contributed by atoms with Gasteiger partial charge in [-0.1, -0.05) is 6.92 Å². The predicted molar refractivity (Wildman–Crippen MR) is 74.7 cm³/mol. The molecule has 2 aromatic heterocycles. The Morgan fingerprint density at radius 2 is 2.29 bits per heavy atom. The topological polar surface area (TPSA) is 42.0 Å². The number of hydrogen-bond donors (Lipinski definition) is 1. The fraction of sp³-hybridized carbons (Fsp3) is 0.273. The zero-order valence-corrected chi connectivity index (χ0v) is 12.4. The number of nitrogens with zero attached hydrogens (tertiary/aromatic N) is 1. The highest BCUT2D eigenvalue weighted by atomic mass is 79.9. The van der Waals surface area contributed by atoms with Gasteiger partial charge in [0.15, 0.2) is 0 Å². The van der Waals surface area contributed by atoms with Crippen molar-refractivity contribution in [2.75, 3.05) is 0 Å². The second-order valence-corrected chi connectivity index (χ2v) is 7.02. The van der Waals surface area contributed by atoms with Crippen molar-refractivity contribution in [1.29, 1.82) is 0 Å². The van der Waals surface area contributed by atoms with E-state index in [9.17, 15) is 4.79 Å². The van der Waals surface area contributed by atoms with E-state index in [1.54, 1.807) is 11.3 Å². The summed E-state index contributed by atoms with van der Waals surface area (Å²) < 4.78 is 0.963. The fourth-order valence-electron chi connectivity index (χ4n) is 1.27. The molecule has 3 nitrogen and oxygen atoms in total. The van der Waals surface area contributed by atoms with Crippen LogP contribution in [0.15, 0.2) is 22.1 Å². The first-order chi connectivity index (χ1) is 8.19. The van der Waals surface area contributed by atoms with Crippen molar-refractivity contribution in [3.63, 3.8) is 0 Å². The summed E-state index contributed by atoms with van der Waals surface area (Å²) in [6.07, 6.45) is 2.86. The molecule has 0 aliphatic rings. The Balaban J connectivity index is 1.92. The van der Waals surface area contributed by atoms with Crippen LogP contribution in [-0.2, 0) is 13.0 Å². The summed E-state index contributed by atoms with van der Waals surface area (Å²) in [7, 11) is 0. The van der Waals surface area contributed by atoms with Crippen molar-refractivity contribution in [2.24, 2.45) is 0 Å². The molecule has 0 saturated heterocycles. The van der Waals surface area contributed by atoms with E-state index < -0.39 is 0 Å². The minimum Gasteiger partial charge on any atom is -0.345 e. The summed E-state index contributed by atoms with van der Waals surface area (Å²) in [4.78, 5) is 18.0. The van der Waals surface area contributed by atoms with E-state index in [0.717, 1.165) is 15.2 Å². The average molecular weight is 331 g/mol. The van der Waals surface area contributed by atoms with Crippen LogP contribution >= 0.6 is 38.6 Å². The number of carbonyl (C=O) groups is 1. The zero-order chi connectivity index (χ0) is 12.3. The second kappa shape index (κ2) is 5.75. The third kappa shape index (κ3) is 3.37. The van der Waals surface area contributed by atoms with Crippen LogP contribution in [0.4, 0.5) is 0 Å². The van der Waals surface area contributed by atoms with Crippen LogP contribution in [0.3, 0.4) is 0 Å². The quantitative estimate of drug-likeness (QED) is 0.932. The lowest BCUT2D eigenvalue weighted by atomic mass is 10.4. The Hall–Kier alpha value is -0.720. The van der Waals surface area contributed by atoms with Crippen LogP contribution in [0.25, 0.3) is 0 Å². The molecule has 0 saturated carbocycles. The van der Waals surface area contributed by atoms with Gasteiger partial charge in [-0.15, -0.1) is 22.7 Å². The van der Waals surface area contributed by atoms with Gasteiger partial charge in [-0.2, -0.15) is 0 Å². The molecule has 2 rings (SSSR count). The Morgan fingerprint density at radius 1 is 1.47 bits per heavy atom. The third-order valence-corrected chi connectivity index (χ3v) is 4.91. The molecule has 0 atom stereocenters. The number of carbonyl (C=O) groups excluding carboxylic acids is 1. The Kier molecular flexibility index (Phi) is 4.31. The molecule has 2 aromatic rings. The van der Waals surface area contributed by atoms with Gasteiger partial charge in [0, 0.05) is 11.1 Å². The molecular weight excluding hydrogens is 320 g/mol. The standard InChI is InChI=1S/C11H11BrN2OS2/c1-2-7-5-13-10(16-7)6-14-11(15)8-3-4-9(12)17-8/h3-5H,2,6H2,1H3,(H,14,15). The van der Waals surface area contributed by atoms with Gasteiger partial charge in [0.2, 0.25) is 0 Å². The van der Waals surface area contributed by atoms with Crippen LogP contribution in [0.1, 0.15) is 26.5 Å². The molecule has 0 fully saturated rings. The molecule has 6 heteroatoms. The number of rotatable bonds is 4. The van der Waals surface area contributed by atoms with Crippen LogP contribution in [0, 0.1) is 0 Å². The van der Waals surface area contributed by atoms with Crippen molar-refractivity contribution < 1.29 is 4.79 Å². The maximum Gasteiger partial charge on any atom is 0.261 e. The summed E-state index contributed by atoms with van der Waals surface area (Å²) in [5.74, 6) is -0.0473. The van der Waals surface area contributed by atoms with E-state index in [1.807, 2.05) is 18.3 Å². The van der Waals surface area contributed by atoms with E-state index in [4.69, 9.17) is 0 Å². The maximum absolute atomic E-state index is 11.8. The van der Waals surface area contributed by atoms with Gasteiger partial charge in [-0.25, -0.2) is 4.98 Å². The Morgan fingerprint density at radius 3 is 2.88 bits per heavy atom. The van der Waals surface area contributed by atoms with Gasteiger partial charge in [0.05, 0.1) is 15.2 Å². The number of aryl methyl sites for hydroxylation is 1. The Labute approximate surface area is 116 Å². The van der Waals surface area contributed by atoms with Crippen LogP contribution in [0.2, 0.25) is 0 Å². The molecule has 1 amide bonds. The monoisotopic (exact) mass is 330 g/mol. The molecule has 0 spiro atoms. The number of thiophene rings is 1. The van der Waals surface area contributed by atoms with Crippen molar-refractivity contribution in [1.82, 2.24) is 10.3 Å². The minimum atomic E-state index is -0.0473. The molecule has 0 aromatic carbocycles. The number of aromatic nitrogens is 1. The van der Waals surface area contributed by atoms with Crippen molar-refractivity contribution in [3.8, 4) is 0 Å². The summed E-state index contributed by atoms with van der Waals surface area (Å²) in [5, 5.41) is 3.81.